The largest absolute Gasteiger partial charge is 0.331 e. The average Bonchev–Trinajstić information content (AvgIpc) is 2.85. The molecule has 1 unspecified atom stereocenters. The summed E-state index contributed by atoms with van der Waals surface area (Å²) >= 11 is 0. The third-order valence-corrected chi connectivity index (χ3v) is 4.85. The van der Waals surface area contributed by atoms with Gasteiger partial charge in [-0.2, -0.15) is 0 Å². The highest BCUT2D eigenvalue weighted by Crippen LogP contribution is 2.30. The van der Waals surface area contributed by atoms with Crippen LogP contribution < -0.4 is 10.2 Å². The van der Waals surface area contributed by atoms with E-state index in [1.807, 2.05) is 24.6 Å². The second-order valence-corrected chi connectivity index (χ2v) is 6.62. The van der Waals surface area contributed by atoms with Crippen LogP contribution in [0.3, 0.4) is 0 Å². The number of aromatic nitrogens is 3. The van der Waals surface area contributed by atoms with Gasteiger partial charge in [0.15, 0.2) is 0 Å². The predicted molar refractivity (Wildman–Crippen MR) is 99.2 cm³/mol. The maximum atomic E-state index is 13.2. The van der Waals surface area contributed by atoms with Crippen LogP contribution in [0.15, 0.2) is 36.7 Å². The van der Waals surface area contributed by atoms with Gasteiger partial charge in [0.25, 0.3) is 5.91 Å². The Bertz CT molecular complexity index is 1040. The Hall–Kier alpha value is -3.22. The van der Waals surface area contributed by atoms with Crippen LogP contribution in [0.2, 0.25) is 0 Å². The molecule has 3 aromatic rings. The van der Waals surface area contributed by atoms with Crippen molar-refractivity contribution < 1.29 is 9.59 Å². The van der Waals surface area contributed by atoms with E-state index in [9.17, 15) is 9.59 Å². The number of carbonyl (C=O) groups excluding carboxylic acids is 2. The van der Waals surface area contributed by atoms with Crippen LogP contribution in [-0.4, -0.2) is 32.9 Å². The van der Waals surface area contributed by atoms with E-state index < -0.39 is 0 Å². The van der Waals surface area contributed by atoms with Gasteiger partial charge in [-0.05, 0) is 31.2 Å². The summed E-state index contributed by atoms with van der Waals surface area (Å²) in [4.78, 5) is 35.7. The zero-order valence-corrected chi connectivity index (χ0v) is 14.9. The van der Waals surface area contributed by atoms with Crippen LogP contribution in [0.4, 0.5) is 11.4 Å². The summed E-state index contributed by atoms with van der Waals surface area (Å²) in [5, 5.41) is 2.86. The number of rotatable bonds is 1. The molecule has 1 aliphatic rings. The van der Waals surface area contributed by atoms with E-state index in [2.05, 4.69) is 15.3 Å². The van der Waals surface area contributed by atoms with Crippen molar-refractivity contribution in [1.29, 1.82) is 0 Å². The fraction of sp³-hybridized carbons (Fsp3) is 0.263. The van der Waals surface area contributed by atoms with Crippen LogP contribution in [0, 0.1) is 12.8 Å². The topological polar surface area (TPSA) is 80.1 Å². The quantitative estimate of drug-likeness (QED) is 0.732. The Labute approximate surface area is 150 Å². The average molecular weight is 349 g/mol. The number of benzene rings is 1. The van der Waals surface area contributed by atoms with Crippen molar-refractivity contribution in [3.05, 3.63) is 48.0 Å². The number of amides is 2. The van der Waals surface area contributed by atoms with Crippen LogP contribution in [-0.2, 0) is 11.8 Å². The van der Waals surface area contributed by atoms with Crippen molar-refractivity contribution in [1.82, 2.24) is 14.5 Å². The molecule has 0 saturated carbocycles. The minimum atomic E-state index is -0.327. The maximum absolute atomic E-state index is 13.2. The summed E-state index contributed by atoms with van der Waals surface area (Å²) in [6, 6.07) is 7.20. The van der Waals surface area contributed by atoms with Gasteiger partial charge in [-0.1, -0.05) is 6.92 Å². The van der Waals surface area contributed by atoms with Gasteiger partial charge in [0.1, 0.15) is 5.82 Å². The van der Waals surface area contributed by atoms with Gasteiger partial charge in [0.05, 0.1) is 34.5 Å². The van der Waals surface area contributed by atoms with Gasteiger partial charge < -0.3 is 14.8 Å². The molecule has 26 heavy (non-hydrogen) atoms. The third kappa shape index (κ3) is 2.52. The van der Waals surface area contributed by atoms with Gasteiger partial charge >= 0.3 is 0 Å². The van der Waals surface area contributed by atoms with Crippen molar-refractivity contribution in [2.45, 2.75) is 13.8 Å². The molecule has 2 amide bonds. The van der Waals surface area contributed by atoms with E-state index in [0.717, 1.165) is 16.9 Å². The number of carbonyl (C=O) groups is 2. The summed E-state index contributed by atoms with van der Waals surface area (Å²) in [7, 11) is 1.95. The Morgan fingerprint density at radius 3 is 2.92 bits per heavy atom. The van der Waals surface area contributed by atoms with Crippen molar-refractivity contribution in [3.8, 4) is 0 Å². The standard InChI is InChI=1S/C19H19N5O2/c1-11-10-24(17-9-20-7-6-14(17)22-18(11)25)19(26)13-4-5-16-15(8-13)21-12(2)23(16)3/h4-9,11H,10H2,1-3H3,(H,22,25). The normalized spacial score (nSPS) is 17.0. The number of imidazole rings is 1. The Kier molecular flexibility index (Phi) is 3.72. The highest BCUT2D eigenvalue weighted by atomic mass is 16.2. The summed E-state index contributed by atoms with van der Waals surface area (Å²) in [5.41, 5.74) is 3.48. The zero-order valence-electron chi connectivity index (χ0n) is 14.9. The molecule has 0 fully saturated rings. The molecule has 0 spiro atoms. The van der Waals surface area contributed by atoms with Crippen LogP contribution in [0.25, 0.3) is 11.0 Å². The van der Waals surface area contributed by atoms with E-state index in [1.54, 1.807) is 42.4 Å². The molecule has 7 heteroatoms. The second-order valence-electron chi connectivity index (χ2n) is 6.62. The zero-order chi connectivity index (χ0) is 18.4. The lowest BCUT2D eigenvalue weighted by molar-refractivity contribution is -0.119. The third-order valence-electron chi connectivity index (χ3n) is 4.85. The van der Waals surface area contributed by atoms with Gasteiger partial charge in [-0.25, -0.2) is 4.98 Å². The van der Waals surface area contributed by atoms with E-state index in [0.29, 0.717) is 23.5 Å². The maximum Gasteiger partial charge on any atom is 0.258 e. The number of nitrogens with one attached hydrogen (secondary N) is 1. The highest BCUT2D eigenvalue weighted by Gasteiger charge is 2.29. The molecule has 1 atom stereocenters. The SMILES string of the molecule is Cc1nc2cc(C(=O)N3CC(C)C(=O)Nc4ccncc43)ccc2n1C. The number of fused-ring (bicyclic) bond motifs is 2. The van der Waals surface area contributed by atoms with E-state index in [4.69, 9.17) is 0 Å². The van der Waals surface area contributed by atoms with Gasteiger partial charge in [-0.15, -0.1) is 0 Å². The molecule has 2 aromatic heterocycles. The molecular weight excluding hydrogens is 330 g/mol. The Morgan fingerprint density at radius 2 is 2.12 bits per heavy atom. The number of nitrogens with zero attached hydrogens (tertiary/aromatic N) is 4. The van der Waals surface area contributed by atoms with Gasteiger partial charge in [0.2, 0.25) is 5.91 Å². The molecule has 3 heterocycles. The van der Waals surface area contributed by atoms with Crippen molar-refractivity contribution in [2.75, 3.05) is 16.8 Å². The number of aryl methyl sites for hydroxylation is 2. The number of hydrogen-bond acceptors (Lipinski definition) is 4. The van der Waals surface area contributed by atoms with Crippen molar-refractivity contribution in [3.63, 3.8) is 0 Å². The molecule has 7 nitrogen and oxygen atoms in total. The molecule has 132 valence electrons. The van der Waals surface area contributed by atoms with Gasteiger partial charge in [0, 0.05) is 25.4 Å². The minimum Gasteiger partial charge on any atom is -0.331 e. The first kappa shape index (κ1) is 16.3. The smallest absolute Gasteiger partial charge is 0.258 e. The van der Waals surface area contributed by atoms with Crippen molar-refractivity contribution in [2.24, 2.45) is 13.0 Å². The molecule has 0 bridgehead atoms. The minimum absolute atomic E-state index is 0.108. The molecule has 1 aliphatic heterocycles. The second kappa shape index (κ2) is 5.94. The molecule has 1 aromatic carbocycles. The van der Waals surface area contributed by atoms with E-state index in [1.165, 1.54) is 0 Å². The van der Waals surface area contributed by atoms with E-state index in [-0.39, 0.29) is 17.7 Å². The summed E-state index contributed by atoms with van der Waals surface area (Å²) in [6.07, 6.45) is 3.20. The summed E-state index contributed by atoms with van der Waals surface area (Å²) in [5.74, 6) is 0.279. The number of hydrogen-bond donors (Lipinski definition) is 1. The first-order valence-electron chi connectivity index (χ1n) is 8.45. The monoisotopic (exact) mass is 349 g/mol. The van der Waals surface area contributed by atoms with Crippen LogP contribution in [0.5, 0.6) is 0 Å². The Balaban J connectivity index is 1.78. The molecule has 4 rings (SSSR count). The fourth-order valence-corrected chi connectivity index (χ4v) is 3.22. The van der Waals surface area contributed by atoms with Crippen LogP contribution >= 0.6 is 0 Å². The highest BCUT2D eigenvalue weighted by molar-refractivity contribution is 6.11. The van der Waals surface area contributed by atoms with Crippen LogP contribution in [0.1, 0.15) is 23.1 Å². The summed E-state index contributed by atoms with van der Waals surface area (Å²) in [6.45, 7) is 4.03. The lowest BCUT2D eigenvalue weighted by atomic mass is 10.1. The Morgan fingerprint density at radius 1 is 1.31 bits per heavy atom. The molecular formula is C19H19N5O2. The first-order valence-corrected chi connectivity index (χ1v) is 8.45. The number of anilines is 2. The van der Waals surface area contributed by atoms with Gasteiger partial charge in [-0.3, -0.25) is 14.6 Å². The lowest BCUT2D eigenvalue weighted by Crippen LogP contribution is -2.35. The molecule has 0 saturated heterocycles. The fourth-order valence-electron chi connectivity index (χ4n) is 3.22. The number of pyridine rings is 1. The molecule has 0 aliphatic carbocycles. The lowest BCUT2D eigenvalue weighted by Gasteiger charge is -2.23. The first-order chi connectivity index (χ1) is 12.5. The predicted octanol–water partition coefficient (Wildman–Crippen LogP) is 2.51. The summed E-state index contributed by atoms with van der Waals surface area (Å²) < 4.78 is 1.99. The molecule has 0 radical (unpaired) electrons. The van der Waals surface area contributed by atoms with E-state index >= 15 is 0 Å². The van der Waals surface area contributed by atoms with Crippen molar-refractivity contribution >= 4 is 34.2 Å². The molecule has 1 N–H and O–H groups in total.